The summed E-state index contributed by atoms with van der Waals surface area (Å²) in [5.41, 5.74) is 0. The number of hydrogen-bond donors (Lipinski definition) is 0. The molecule has 0 radical (unpaired) electrons. The predicted octanol–water partition coefficient (Wildman–Crippen LogP) is 3.11. The van der Waals surface area contributed by atoms with Crippen molar-refractivity contribution in [3.8, 4) is 0 Å². The second-order valence-corrected chi connectivity index (χ2v) is 2.36. The van der Waals surface area contributed by atoms with Crippen LogP contribution in [0.25, 0.3) is 0 Å². The summed E-state index contributed by atoms with van der Waals surface area (Å²) in [6.07, 6.45) is -11.9. The first-order chi connectivity index (χ1) is 4.63. The average Bonchev–Trinajstić information content (AvgIpc) is 1.56. The molecule has 0 saturated carbocycles. The van der Waals surface area contributed by atoms with E-state index in [0.717, 1.165) is 0 Å². The minimum Gasteiger partial charge on any atom is -0.171 e. The van der Waals surface area contributed by atoms with Crippen molar-refractivity contribution >= 4 is 11.6 Å². The van der Waals surface area contributed by atoms with E-state index in [9.17, 15) is 26.3 Å². The van der Waals surface area contributed by atoms with Crippen LogP contribution in [0.5, 0.6) is 0 Å². The SMILES string of the molecule is FC(F)(F)C[C@H](Cl)C(F)(F)F. The lowest BCUT2D eigenvalue weighted by Gasteiger charge is -2.14. The van der Waals surface area contributed by atoms with Crippen molar-refractivity contribution in [1.29, 1.82) is 0 Å². The van der Waals surface area contributed by atoms with Crippen LogP contribution < -0.4 is 0 Å². The highest BCUT2D eigenvalue weighted by atomic mass is 35.5. The van der Waals surface area contributed by atoms with E-state index >= 15 is 0 Å². The van der Waals surface area contributed by atoms with Gasteiger partial charge in [-0.3, -0.25) is 0 Å². The van der Waals surface area contributed by atoms with E-state index in [2.05, 4.69) is 11.6 Å². The van der Waals surface area contributed by atoms with Crippen molar-refractivity contribution < 1.29 is 26.3 Å². The number of rotatable bonds is 1. The van der Waals surface area contributed by atoms with Gasteiger partial charge in [0.2, 0.25) is 0 Å². The van der Waals surface area contributed by atoms with E-state index in [0.29, 0.717) is 0 Å². The second-order valence-electron chi connectivity index (χ2n) is 1.83. The fourth-order valence-electron chi connectivity index (χ4n) is 0.319. The normalized spacial score (nSPS) is 16.6. The molecule has 1 atom stereocenters. The molecule has 0 aliphatic rings. The molecule has 11 heavy (non-hydrogen) atoms. The maximum absolute atomic E-state index is 11.3. The molecule has 0 saturated heterocycles. The fourth-order valence-corrected chi connectivity index (χ4v) is 0.494. The van der Waals surface area contributed by atoms with Gasteiger partial charge < -0.3 is 0 Å². The number of halogens is 7. The van der Waals surface area contributed by atoms with Gasteiger partial charge in [0.1, 0.15) is 5.38 Å². The highest BCUT2D eigenvalue weighted by molar-refractivity contribution is 6.21. The molecular weight excluding hydrogens is 197 g/mol. The highest BCUT2D eigenvalue weighted by Gasteiger charge is 2.45. The van der Waals surface area contributed by atoms with Crippen molar-refractivity contribution in [3.63, 3.8) is 0 Å². The molecule has 0 rings (SSSR count). The van der Waals surface area contributed by atoms with Gasteiger partial charge in [0.25, 0.3) is 0 Å². The molecule has 0 aliphatic carbocycles. The van der Waals surface area contributed by atoms with Crippen LogP contribution in [0.1, 0.15) is 6.42 Å². The number of alkyl halides is 7. The van der Waals surface area contributed by atoms with Crippen LogP contribution in [0.15, 0.2) is 0 Å². The van der Waals surface area contributed by atoms with Crippen molar-refractivity contribution in [2.75, 3.05) is 0 Å². The van der Waals surface area contributed by atoms with E-state index in [1.807, 2.05) is 0 Å². The Morgan fingerprint density at radius 3 is 1.45 bits per heavy atom. The van der Waals surface area contributed by atoms with Gasteiger partial charge in [-0.05, 0) is 0 Å². The third-order valence-corrected chi connectivity index (χ3v) is 1.17. The minimum atomic E-state index is -4.99. The molecule has 0 nitrogen and oxygen atoms in total. The smallest absolute Gasteiger partial charge is 0.171 e. The van der Waals surface area contributed by atoms with E-state index in [-0.39, 0.29) is 0 Å². The molecular formula is C4H3ClF6. The Balaban J connectivity index is 3.99. The Morgan fingerprint density at radius 1 is 1.00 bits per heavy atom. The van der Waals surface area contributed by atoms with Crippen molar-refractivity contribution in [3.05, 3.63) is 0 Å². The summed E-state index contributed by atoms with van der Waals surface area (Å²) in [7, 11) is 0. The second kappa shape index (κ2) is 3.08. The lowest BCUT2D eigenvalue weighted by atomic mass is 10.3. The molecule has 0 amide bonds. The topological polar surface area (TPSA) is 0 Å². The summed E-state index contributed by atoms with van der Waals surface area (Å²) in [5.74, 6) is 0. The van der Waals surface area contributed by atoms with Crippen LogP contribution in [-0.4, -0.2) is 17.7 Å². The van der Waals surface area contributed by atoms with Gasteiger partial charge in [0.15, 0.2) is 0 Å². The minimum absolute atomic E-state index is 2.04. The summed E-state index contributed by atoms with van der Waals surface area (Å²) in [6.45, 7) is 0. The van der Waals surface area contributed by atoms with E-state index in [1.165, 1.54) is 0 Å². The van der Waals surface area contributed by atoms with E-state index in [4.69, 9.17) is 0 Å². The van der Waals surface area contributed by atoms with Crippen molar-refractivity contribution in [2.24, 2.45) is 0 Å². The maximum atomic E-state index is 11.3. The lowest BCUT2D eigenvalue weighted by Crippen LogP contribution is -2.28. The fraction of sp³-hybridized carbons (Fsp3) is 1.00. The Hall–Kier alpha value is -0.130. The number of hydrogen-bond acceptors (Lipinski definition) is 0. The van der Waals surface area contributed by atoms with Crippen LogP contribution in [0.4, 0.5) is 26.3 Å². The molecule has 0 aromatic heterocycles. The van der Waals surface area contributed by atoms with E-state index < -0.39 is 24.2 Å². The van der Waals surface area contributed by atoms with Crippen LogP contribution in [0, 0.1) is 0 Å². The maximum Gasteiger partial charge on any atom is 0.405 e. The summed E-state index contributed by atoms with van der Waals surface area (Å²) in [4.78, 5) is 0. The lowest BCUT2D eigenvalue weighted by molar-refractivity contribution is -0.180. The quantitative estimate of drug-likeness (QED) is 0.451. The van der Waals surface area contributed by atoms with Gasteiger partial charge in [-0.1, -0.05) is 0 Å². The molecule has 0 bridgehead atoms. The summed E-state index contributed by atoms with van der Waals surface area (Å²) < 4.78 is 67.8. The average molecular weight is 201 g/mol. The summed E-state index contributed by atoms with van der Waals surface area (Å²) >= 11 is 4.40. The standard InChI is InChI=1S/C4H3ClF6/c5-2(4(9,10)11)1-3(6,7)8/h2H,1H2/t2-/m0/s1. The largest absolute Gasteiger partial charge is 0.405 e. The molecule has 0 spiro atoms. The van der Waals surface area contributed by atoms with Gasteiger partial charge >= 0.3 is 12.4 Å². The van der Waals surface area contributed by atoms with Crippen LogP contribution >= 0.6 is 11.6 Å². The van der Waals surface area contributed by atoms with Gasteiger partial charge in [-0.15, -0.1) is 11.6 Å². The Morgan fingerprint density at radius 2 is 1.36 bits per heavy atom. The Labute approximate surface area is 63.1 Å². The molecule has 0 unspecified atom stereocenters. The van der Waals surface area contributed by atoms with Gasteiger partial charge in [0.05, 0.1) is 6.42 Å². The summed E-state index contributed by atoms with van der Waals surface area (Å²) in [6, 6.07) is 0. The van der Waals surface area contributed by atoms with Crippen LogP contribution in [0.3, 0.4) is 0 Å². The third kappa shape index (κ3) is 5.17. The molecule has 0 aromatic rings. The molecule has 0 fully saturated rings. The van der Waals surface area contributed by atoms with Crippen LogP contribution in [0.2, 0.25) is 0 Å². The predicted molar refractivity (Wildman–Crippen MR) is 26.4 cm³/mol. The Bertz CT molecular complexity index is 124. The zero-order chi connectivity index (χ0) is 9.28. The molecule has 0 heterocycles. The van der Waals surface area contributed by atoms with Gasteiger partial charge in [-0.2, -0.15) is 26.3 Å². The zero-order valence-corrected chi connectivity index (χ0v) is 5.69. The van der Waals surface area contributed by atoms with Crippen molar-refractivity contribution in [1.82, 2.24) is 0 Å². The van der Waals surface area contributed by atoms with Crippen LogP contribution in [-0.2, 0) is 0 Å². The first-order valence-corrected chi connectivity index (χ1v) is 2.84. The zero-order valence-electron chi connectivity index (χ0n) is 4.93. The third-order valence-electron chi connectivity index (χ3n) is 0.766. The molecule has 0 aliphatic heterocycles. The van der Waals surface area contributed by atoms with Crippen molar-refractivity contribution in [2.45, 2.75) is 24.2 Å². The molecule has 0 N–H and O–H groups in total. The van der Waals surface area contributed by atoms with E-state index in [1.54, 1.807) is 0 Å². The molecule has 7 heteroatoms. The molecule has 68 valence electrons. The highest BCUT2D eigenvalue weighted by Crippen LogP contribution is 2.33. The van der Waals surface area contributed by atoms with Gasteiger partial charge in [0, 0.05) is 0 Å². The molecule has 0 aromatic carbocycles. The Kier molecular flexibility index (Phi) is 3.05. The summed E-state index contributed by atoms with van der Waals surface area (Å²) in [5, 5.41) is -2.84. The van der Waals surface area contributed by atoms with Gasteiger partial charge in [-0.25, -0.2) is 0 Å². The first-order valence-electron chi connectivity index (χ1n) is 2.40. The first kappa shape index (κ1) is 10.9. The monoisotopic (exact) mass is 200 g/mol.